The molecule has 0 aliphatic rings. The van der Waals surface area contributed by atoms with Gasteiger partial charge >= 0.3 is 0 Å². The number of benzene rings is 1. The monoisotopic (exact) mass is 199 g/mol. The Kier molecular flexibility index (Phi) is 3.71. The quantitative estimate of drug-likeness (QED) is 0.750. The number of para-hydroxylation sites is 1. The van der Waals surface area contributed by atoms with Crippen molar-refractivity contribution >= 4 is 5.69 Å². The van der Waals surface area contributed by atoms with Crippen LogP contribution >= 0.6 is 0 Å². The predicted octanol–water partition coefficient (Wildman–Crippen LogP) is 2.32. The Hall–Kier alpha value is -2.00. The van der Waals surface area contributed by atoms with E-state index in [9.17, 15) is 0 Å². The molecule has 3 heteroatoms. The maximum Gasteiger partial charge on any atom is 0.115 e. The number of hydrogen-bond acceptors (Lipinski definition) is 3. The average Bonchev–Trinajstić information content (AvgIpc) is 2.30. The lowest BCUT2D eigenvalue weighted by atomic mass is 10.2. The van der Waals surface area contributed by atoms with E-state index in [0.29, 0.717) is 0 Å². The van der Waals surface area contributed by atoms with Crippen molar-refractivity contribution in [3.8, 4) is 12.1 Å². The van der Waals surface area contributed by atoms with E-state index in [1.54, 1.807) is 18.7 Å². The molecule has 3 nitrogen and oxygen atoms in total. The van der Waals surface area contributed by atoms with Crippen molar-refractivity contribution < 1.29 is 0 Å². The summed E-state index contributed by atoms with van der Waals surface area (Å²) in [5.74, 6) is 0. The van der Waals surface area contributed by atoms with Gasteiger partial charge in [0.2, 0.25) is 0 Å². The first-order valence-electron chi connectivity index (χ1n) is 4.83. The molecule has 0 spiro atoms. The lowest BCUT2D eigenvalue weighted by Gasteiger charge is -2.29. The molecule has 0 fully saturated rings. The van der Waals surface area contributed by atoms with Gasteiger partial charge in [0.25, 0.3) is 0 Å². The van der Waals surface area contributed by atoms with Gasteiger partial charge in [-0.2, -0.15) is 10.5 Å². The Morgan fingerprint density at radius 3 is 1.87 bits per heavy atom. The number of rotatable bonds is 3. The fourth-order valence-electron chi connectivity index (χ4n) is 1.51. The Morgan fingerprint density at radius 2 is 1.47 bits per heavy atom. The highest BCUT2D eigenvalue weighted by atomic mass is 15.2. The van der Waals surface area contributed by atoms with Crippen LogP contribution in [-0.2, 0) is 0 Å². The van der Waals surface area contributed by atoms with Gasteiger partial charge in [-0.05, 0) is 26.0 Å². The second kappa shape index (κ2) is 5.02. The summed E-state index contributed by atoms with van der Waals surface area (Å²) in [6.07, 6.45) is 0. The minimum absolute atomic E-state index is 0.304. The number of hydrogen-bond donors (Lipinski definition) is 0. The molecule has 0 N–H and O–H groups in total. The SMILES string of the molecule is CC(C#N)N(c1ccccc1)C(C)C#N. The van der Waals surface area contributed by atoms with Crippen LogP contribution in [0.4, 0.5) is 5.69 Å². The van der Waals surface area contributed by atoms with E-state index >= 15 is 0 Å². The van der Waals surface area contributed by atoms with Crippen LogP contribution < -0.4 is 4.90 Å². The van der Waals surface area contributed by atoms with E-state index in [2.05, 4.69) is 12.1 Å². The standard InChI is InChI=1S/C12H13N3/c1-10(8-13)15(11(2)9-14)12-6-4-3-5-7-12/h3-7,10-11H,1-2H3. The van der Waals surface area contributed by atoms with Gasteiger partial charge in [0.05, 0.1) is 12.1 Å². The molecule has 2 atom stereocenters. The molecule has 0 amide bonds. The topological polar surface area (TPSA) is 50.8 Å². The second-order valence-electron chi connectivity index (χ2n) is 3.35. The summed E-state index contributed by atoms with van der Waals surface area (Å²) in [6.45, 7) is 3.58. The van der Waals surface area contributed by atoms with Crippen LogP contribution in [0.25, 0.3) is 0 Å². The van der Waals surface area contributed by atoms with Gasteiger partial charge in [-0.15, -0.1) is 0 Å². The van der Waals surface area contributed by atoms with E-state index in [1.807, 2.05) is 30.3 Å². The molecular formula is C12H13N3. The first kappa shape index (κ1) is 11.1. The average molecular weight is 199 g/mol. The maximum atomic E-state index is 8.91. The molecule has 0 bridgehead atoms. The van der Waals surface area contributed by atoms with Gasteiger partial charge in [-0.1, -0.05) is 18.2 Å². The lowest BCUT2D eigenvalue weighted by molar-refractivity contribution is 0.697. The summed E-state index contributed by atoms with van der Waals surface area (Å²) in [6, 6.07) is 13.2. The summed E-state index contributed by atoms with van der Waals surface area (Å²) in [4.78, 5) is 1.81. The summed E-state index contributed by atoms with van der Waals surface area (Å²) in [7, 11) is 0. The number of nitriles is 2. The van der Waals surface area contributed by atoms with Crippen LogP contribution in [-0.4, -0.2) is 12.1 Å². The molecule has 0 aliphatic heterocycles. The highest BCUT2D eigenvalue weighted by Crippen LogP contribution is 2.18. The zero-order valence-corrected chi connectivity index (χ0v) is 8.88. The molecule has 1 aromatic rings. The Balaban J connectivity index is 3.04. The predicted molar refractivity (Wildman–Crippen MR) is 59.1 cm³/mol. The van der Waals surface area contributed by atoms with E-state index in [4.69, 9.17) is 10.5 Å². The Labute approximate surface area is 90.2 Å². The van der Waals surface area contributed by atoms with E-state index in [-0.39, 0.29) is 12.1 Å². The van der Waals surface area contributed by atoms with Crippen LogP contribution in [0.3, 0.4) is 0 Å². The van der Waals surface area contributed by atoms with E-state index in [0.717, 1.165) is 5.69 Å². The fourth-order valence-corrected chi connectivity index (χ4v) is 1.51. The van der Waals surface area contributed by atoms with Crippen LogP contribution in [0.1, 0.15) is 13.8 Å². The molecule has 76 valence electrons. The zero-order chi connectivity index (χ0) is 11.3. The Morgan fingerprint density at radius 1 is 1.00 bits per heavy atom. The highest BCUT2D eigenvalue weighted by Gasteiger charge is 2.19. The molecule has 2 unspecified atom stereocenters. The molecule has 0 saturated heterocycles. The molecule has 15 heavy (non-hydrogen) atoms. The van der Waals surface area contributed by atoms with Gasteiger partial charge in [-0.3, -0.25) is 0 Å². The number of nitrogens with zero attached hydrogens (tertiary/aromatic N) is 3. The summed E-state index contributed by atoms with van der Waals surface area (Å²) >= 11 is 0. The summed E-state index contributed by atoms with van der Waals surface area (Å²) in [5, 5.41) is 17.8. The van der Waals surface area contributed by atoms with Crippen LogP contribution in [0.15, 0.2) is 30.3 Å². The van der Waals surface area contributed by atoms with Crippen molar-refractivity contribution in [2.24, 2.45) is 0 Å². The molecule has 1 aromatic carbocycles. The maximum absolute atomic E-state index is 8.91. The third-order valence-corrected chi connectivity index (χ3v) is 2.26. The molecule has 0 aliphatic carbocycles. The molecule has 0 heterocycles. The zero-order valence-electron chi connectivity index (χ0n) is 8.88. The fraction of sp³-hybridized carbons (Fsp3) is 0.333. The molecule has 0 aromatic heterocycles. The first-order valence-corrected chi connectivity index (χ1v) is 4.83. The summed E-state index contributed by atoms with van der Waals surface area (Å²) in [5.41, 5.74) is 0.903. The molecule has 0 radical (unpaired) electrons. The third kappa shape index (κ3) is 2.48. The van der Waals surface area contributed by atoms with Gasteiger partial charge in [0.15, 0.2) is 0 Å². The largest absolute Gasteiger partial charge is 0.340 e. The van der Waals surface area contributed by atoms with Gasteiger partial charge in [0.1, 0.15) is 12.1 Å². The lowest BCUT2D eigenvalue weighted by Crippen LogP contribution is -2.38. The second-order valence-corrected chi connectivity index (χ2v) is 3.35. The van der Waals surface area contributed by atoms with Crippen LogP contribution in [0, 0.1) is 22.7 Å². The third-order valence-electron chi connectivity index (χ3n) is 2.26. The van der Waals surface area contributed by atoms with Crippen molar-refractivity contribution in [2.75, 3.05) is 4.90 Å². The highest BCUT2D eigenvalue weighted by molar-refractivity contribution is 5.50. The first-order chi connectivity index (χ1) is 7.20. The molecular weight excluding hydrogens is 186 g/mol. The van der Waals surface area contributed by atoms with Crippen LogP contribution in [0.2, 0.25) is 0 Å². The van der Waals surface area contributed by atoms with Crippen molar-refractivity contribution in [1.82, 2.24) is 0 Å². The van der Waals surface area contributed by atoms with Crippen molar-refractivity contribution in [3.63, 3.8) is 0 Å². The van der Waals surface area contributed by atoms with Crippen molar-refractivity contribution in [3.05, 3.63) is 30.3 Å². The van der Waals surface area contributed by atoms with Gasteiger partial charge < -0.3 is 4.90 Å². The van der Waals surface area contributed by atoms with Crippen LogP contribution in [0.5, 0.6) is 0 Å². The van der Waals surface area contributed by atoms with E-state index < -0.39 is 0 Å². The number of anilines is 1. The molecule has 0 saturated carbocycles. The minimum atomic E-state index is -0.304. The molecule has 1 rings (SSSR count). The Bertz CT molecular complexity index is 366. The minimum Gasteiger partial charge on any atom is -0.340 e. The summed E-state index contributed by atoms with van der Waals surface area (Å²) < 4.78 is 0. The van der Waals surface area contributed by atoms with Gasteiger partial charge in [-0.25, -0.2) is 0 Å². The smallest absolute Gasteiger partial charge is 0.115 e. The van der Waals surface area contributed by atoms with Crippen molar-refractivity contribution in [2.45, 2.75) is 25.9 Å². The van der Waals surface area contributed by atoms with Crippen molar-refractivity contribution in [1.29, 1.82) is 10.5 Å². The van der Waals surface area contributed by atoms with Gasteiger partial charge in [0, 0.05) is 5.69 Å². The van der Waals surface area contributed by atoms with E-state index in [1.165, 1.54) is 0 Å². The normalized spacial score (nSPS) is 13.3.